The van der Waals surface area contributed by atoms with E-state index < -0.39 is 0 Å². The Labute approximate surface area is 102 Å². The summed E-state index contributed by atoms with van der Waals surface area (Å²) in [6.45, 7) is 3.13. The van der Waals surface area contributed by atoms with Crippen molar-refractivity contribution in [2.75, 3.05) is 13.1 Å². The highest BCUT2D eigenvalue weighted by Gasteiger charge is 2.36. The van der Waals surface area contributed by atoms with Crippen molar-refractivity contribution < 1.29 is 4.79 Å². The molecule has 90 valence electrons. The van der Waals surface area contributed by atoms with Gasteiger partial charge in [0.2, 0.25) is 5.91 Å². The van der Waals surface area contributed by atoms with Crippen LogP contribution in [0.15, 0.2) is 30.3 Å². The molecule has 0 unspecified atom stereocenters. The highest BCUT2D eigenvalue weighted by atomic mass is 16.1. The van der Waals surface area contributed by atoms with Crippen molar-refractivity contribution in [1.82, 2.24) is 10.2 Å². The van der Waals surface area contributed by atoms with Crippen molar-refractivity contribution in [3.63, 3.8) is 0 Å². The van der Waals surface area contributed by atoms with Crippen molar-refractivity contribution in [2.24, 2.45) is 5.92 Å². The molecule has 2 fully saturated rings. The normalized spacial score (nSPS) is 28.8. The number of carbonyl (C=O) groups excluding carboxylic acids is 1. The summed E-state index contributed by atoms with van der Waals surface area (Å²) in [7, 11) is 0. The van der Waals surface area contributed by atoms with Crippen LogP contribution in [0.25, 0.3) is 0 Å². The van der Waals surface area contributed by atoms with Crippen LogP contribution in [0.3, 0.4) is 0 Å². The lowest BCUT2D eigenvalue weighted by Gasteiger charge is -2.24. The average Bonchev–Trinajstić information content (AvgIpc) is 2.71. The second-order valence-corrected chi connectivity index (χ2v) is 5.15. The van der Waals surface area contributed by atoms with E-state index in [0.29, 0.717) is 18.4 Å². The third kappa shape index (κ3) is 2.34. The fourth-order valence-electron chi connectivity index (χ4n) is 2.98. The van der Waals surface area contributed by atoms with E-state index in [1.807, 2.05) is 6.07 Å². The van der Waals surface area contributed by atoms with Crippen LogP contribution in [0.4, 0.5) is 0 Å². The fraction of sp³-hybridized carbons (Fsp3) is 0.500. The summed E-state index contributed by atoms with van der Waals surface area (Å²) in [4.78, 5) is 13.8. The number of piperidine rings is 1. The Balaban J connectivity index is 1.62. The summed E-state index contributed by atoms with van der Waals surface area (Å²) in [6, 6.07) is 10.9. The Hall–Kier alpha value is -1.35. The lowest BCUT2D eigenvalue weighted by Crippen LogP contribution is -2.44. The predicted molar refractivity (Wildman–Crippen MR) is 66.4 cm³/mol. The Morgan fingerprint density at radius 1 is 1.24 bits per heavy atom. The van der Waals surface area contributed by atoms with Crippen LogP contribution in [0.1, 0.15) is 18.4 Å². The summed E-state index contributed by atoms with van der Waals surface area (Å²) in [5.74, 6) is 0.893. The zero-order valence-corrected chi connectivity index (χ0v) is 9.93. The van der Waals surface area contributed by atoms with E-state index in [9.17, 15) is 4.79 Å². The van der Waals surface area contributed by atoms with Gasteiger partial charge in [0.25, 0.3) is 0 Å². The summed E-state index contributed by atoms with van der Waals surface area (Å²) < 4.78 is 0. The molecule has 0 radical (unpaired) electrons. The van der Waals surface area contributed by atoms with Gasteiger partial charge < -0.3 is 5.32 Å². The largest absolute Gasteiger partial charge is 0.352 e. The van der Waals surface area contributed by atoms with Crippen molar-refractivity contribution in [3.05, 3.63) is 35.9 Å². The number of nitrogens with one attached hydrogen (secondary N) is 1. The molecule has 3 nitrogen and oxygen atoms in total. The minimum atomic E-state index is 0.229. The number of nitrogens with zero attached hydrogens (tertiary/aromatic N) is 1. The van der Waals surface area contributed by atoms with E-state index in [1.54, 1.807) is 0 Å². The van der Waals surface area contributed by atoms with Gasteiger partial charge in [-0.25, -0.2) is 0 Å². The molecule has 17 heavy (non-hydrogen) atoms. The standard InChI is InChI=1S/C14H18N2O/c17-14-7-6-12-9-16(10-13(12)15-14)8-11-4-2-1-3-5-11/h1-5,12-13H,6-10H2,(H,15,17)/t12-,13+/m0/s1. The minimum absolute atomic E-state index is 0.229. The minimum Gasteiger partial charge on any atom is -0.352 e. The smallest absolute Gasteiger partial charge is 0.220 e. The average molecular weight is 230 g/mol. The van der Waals surface area contributed by atoms with Gasteiger partial charge in [0, 0.05) is 32.1 Å². The Bertz CT molecular complexity index is 404. The van der Waals surface area contributed by atoms with E-state index in [2.05, 4.69) is 34.5 Å². The van der Waals surface area contributed by atoms with Crippen LogP contribution < -0.4 is 5.32 Å². The van der Waals surface area contributed by atoms with Crippen LogP contribution >= 0.6 is 0 Å². The Morgan fingerprint density at radius 2 is 2.06 bits per heavy atom. The molecule has 2 aliphatic rings. The van der Waals surface area contributed by atoms with E-state index in [1.165, 1.54) is 5.56 Å². The van der Waals surface area contributed by atoms with Gasteiger partial charge in [0.05, 0.1) is 0 Å². The van der Waals surface area contributed by atoms with Crippen LogP contribution in [-0.2, 0) is 11.3 Å². The predicted octanol–water partition coefficient (Wildman–Crippen LogP) is 1.40. The first-order valence-corrected chi connectivity index (χ1v) is 6.37. The number of benzene rings is 1. The highest BCUT2D eigenvalue weighted by Crippen LogP contribution is 2.26. The molecule has 0 saturated carbocycles. The first kappa shape index (κ1) is 10.8. The number of hydrogen-bond acceptors (Lipinski definition) is 2. The highest BCUT2D eigenvalue weighted by molar-refractivity contribution is 5.77. The second kappa shape index (κ2) is 4.49. The van der Waals surface area contributed by atoms with Crippen molar-refractivity contribution in [2.45, 2.75) is 25.4 Å². The fourth-order valence-corrected chi connectivity index (χ4v) is 2.98. The molecule has 0 bridgehead atoms. The molecule has 1 aromatic rings. The van der Waals surface area contributed by atoms with Crippen LogP contribution in [0.5, 0.6) is 0 Å². The maximum Gasteiger partial charge on any atom is 0.220 e. The molecule has 0 spiro atoms. The molecule has 3 rings (SSSR count). The van der Waals surface area contributed by atoms with E-state index >= 15 is 0 Å². The molecule has 2 atom stereocenters. The molecule has 0 aliphatic carbocycles. The molecular weight excluding hydrogens is 212 g/mol. The van der Waals surface area contributed by atoms with Crippen LogP contribution in [0.2, 0.25) is 0 Å². The zero-order valence-electron chi connectivity index (χ0n) is 9.93. The zero-order chi connectivity index (χ0) is 11.7. The van der Waals surface area contributed by atoms with Gasteiger partial charge in [-0.3, -0.25) is 9.69 Å². The molecule has 3 heteroatoms. The molecule has 2 saturated heterocycles. The van der Waals surface area contributed by atoms with Gasteiger partial charge in [-0.15, -0.1) is 0 Å². The molecule has 2 heterocycles. The SMILES string of the molecule is O=C1CC[C@H]2CN(Cc3ccccc3)C[C@H]2N1. The molecule has 1 aromatic carbocycles. The maximum atomic E-state index is 11.3. The first-order chi connectivity index (χ1) is 8.31. The van der Waals surface area contributed by atoms with E-state index in [-0.39, 0.29) is 5.91 Å². The quantitative estimate of drug-likeness (QED) is 0.833. The van der Waals surface area contributed by atoms with Gasteiger partial charge in [-0.1, -0.05) is 30.3 Å². The van der Waals surface area contributed by atoms with Gasteiger partial charge in [0.15, 0.2) is 0 Å². The molecule has 1 amide bonds. The number of likely N-dealkylation sites (tertiary alicyclic amines) is 1. The Morgan fingerprint density at radius 3 is 2.88 bits per heavy atom. The van der Waals surface area contributed by atoms with Gasteiger partial charge in [0.1, 0.15) is 0 Å². The number of amides is 1. The summed E-state index contributed by atoms with van der Waals surface area (Å²) in [6.07, 6.45) is 1.77. The van der Waals surface area contributed by atoms with Crippen molar-refractivity contribution in [1.29, 1.82) is 0 Å². The third-order valence-electron chi connectivity index (χ3n) is 3.85. The number of fused-ring (bicyclic) bond motifs is 1. The monoisotopic (exact) mass is 230 g/mol. The Kier molecular flexibility index (Phi) is 2.85. The van der Waals surface area contributed by atoms with E-state index in [4.69, 9.17) is 0 Å². The first-order valence-electron chi connectivity index (χ1n) is 6.37. The third-order valence-corrected chi connectivity index (χ3v) is 3.85. The second-order valence-electron chi connectivity index (χ2n) is 5.15. The van der Waals surface area contributed by atoms with Crippen LogP contribution in [-0.4, -0.2) is 29.9 Å². The molecular formula is C14H18N2O. The lowest BCUT2D eigenvalue weighted by molar-refractivity contribution is -0.123. The van der Waals surface area contributed by atoms with Crippen molar-refractivity contribution in [3.8, 4) is 0 Å². The summed E-state index contributed by atoms with van der Waals surface area (Å²) in [5.41, 5.74) is 1.36. The van der Waals surface area contributed by atoms with E-state index in [0.717, 1.165) is 26.1 Å². The van der Waals surface area contributed by atoms with Crippen LogP contribution in [0, 0.1) is 5.92 Å². The van der Waals surface area contributed by atoms with Crippen molar-refractivity contribution >= 4 is 5.91 Å². The molecule has 0 aromatic heterocycles. The summed E-state index contributed by atoms with van der Waals surface area (Å²) in [5, 5.41) is 3.11. The lowest BCUT2D eigenvalue weighted by atomic mass is 9.94. The maximum absolute atomic E-state index is 11.3. The topological polar surface area (TPSA) is 32.3 Å². The number of hydrogen-bond donors (Lipinski definition) is 1. The molecule has 2 aliphatic heterocycles. The van der Waals surface area contributed by atoms with Gasteiger partial charge in [-0.05, 0) is 17.9 Å². The molecule has 1 N–H and O–H groups in total. The van der Waals surface area contributed by atoms with Gasteiger partial charge in [-0.2, -0.15) is 0 Å². The number of rotatable bonds is 2. The van der Waals surface area contributed by atoms with Gasteiger partial charge >= 0.3 is 0 Å². The summed E-state index contributed by atoms with van der Waals surface area (Å²) >= 11 is 0. The number of carbonyl (C=O) groups is 1.